The number of thiazole rings is 1. The molecule has 1 aliphatic rings. The number of ether oxygens (including phenoxy) is 1. The van der Waals surface area contributed by atoms with E-state index in [1.54, 1.807) is 29.7 Å². The third kappa shape index (κ3) is 5.02. The summed E-state index contributed by atoms with van der Waals surface area (Å²) in [6.45, 7) is 0.499. The third-order valence-electron chi connectivity index (χ3n) is 5.02. The van der Waals surface area contributed by atoms with E-state index < -0.39 is 18.3 Å². The maximum atomic E-state index is 13.2. The molecule has 8 heteroatoms. The van der Waals surface area contributed by atoms with E-state index in [0.29, 0.717) is 18.5 Å². The standard InChI is InChI=1S/C22H22FN3O3S/c23-17-3-1-2-15(10-17)12-26-22(28)29-20-18(25-13-19(20)27)11-14-4-6-16(7-5-14)21-24-8-9-30-21/h1-10,18-20,25,27H,11-13H2,(H,26,28)/t18-,19+,20+/m1/s1. The SMILES string of the molecule is O=C(NCc1cccc(F)c1)O[C@@H]1[C@@H](O)CN[C@@H]1Cc1ccc(-c2nccs2)cc1. The Hall–Kier alpha value is -2.81. The molecule has 156 valence electrons. The number of hydrogen-bond acceptors (Lipinski definition) is 6. The molecule has 2 aromatic carbocycles. The first-order valence-electron chi connectivity index (χ1n) is 9.67. The number of nitrogens with one attached hydrogen (secondary N) is 2. The molecule has 1 aromatic heterocycles. The molecule has 0 saturated carbocycles. The zero-order valence-corrected chi connectivity index (χ0v) is 16.9. The lowest BCUT2D eigenvalue weighted by molar-refractivity contribution is 0.0188. The first kappa shape index (κ1) is 20.5. The van der Waals surface area contributed by atoms with Crippen LogP contribution in [0.15, 0.2) is 60.1 Å². The number of aromatic nitrogens is 1. The molecule has 0 aliphatic carbocycles. The van der Waals surface area contributed by atoms with Crippen LogP contribution in [-0.2, 0) is 17.7 Å². The van der Waals surface area contributed by atoms with Crippen LogP contribution in [-0.4, -0.2) is 41.0 Å². The van der Waals surface area contributed by atoms with Crippen LogP contribution in [0.5, 0.6) is 0 Å². The zero-order valence-electron chi connectivity index (χ0n) is 16.1. The monoisotopic (exact) mass is 427 g/mol. The lowest BCUT2D eigenvalue weighted by atomic mass is 10.0. The topological polar surface area (TPSA) is 83.5 Å². The summed E-state index contributed by atoms with van der Waals surface area (Å²) in [7, 11) is 0. The molecule has 30 heavy (non-hydrogen) atoms. The van der Waals surface area contributed by atoms with E-state index in [1.165, 1.54) is 12.1 Å². The van der Waals surface area contributed by atoms with Crippen molar-refractivity contribution in [2.75, 3.05) is 6.54 Å². The minimum absolute atomic E-state index is 0.149. The van der Waals surface area contributed by atoms with Crippen LogP contribution in [0.4, 0.5) is 9.18 Å². The highest BCUT2D eigenvalue weighted by atomic mass is 32.1. The second kappa shape index (κ2) is 9.34. The number of aliphatic hydroxyl groups excluding tert-OH is 1. The minimum Gasteiger partial charge on any atom is -0.442 e. The summed E-state index contributed by atoms with van der Waals surface area (Å²) < 4.78 is 18.7. The second-order valence-electron chi connectivity index (χ2n) is 7.17. The zero-order chi connectivity index (χ0) is 20.9. The Labute approximate surface area is 177 Å². The van der Waals surface area contributed by atoms with Gasteiger partial charge in [0.1, 0.15) is 23.0 Å². The number of alkyl carbamates (subject to hydrolysis) is 1. The van der Waals surface area contributed by atoms with Gasteiger partial charge in [-0.3, -0.25) is 0 Å². The lowest BCUT2D eigenvalue weighted by Crippen LogP contribution is -2.41. The Balaban J connectivity index is 1.33. The summed E-state index contributed by atoms with van der Waals surface area (Å²) in [6, 6.07) is 13.9. The number of hydrogen-bond donors (Lipinski definition) is 3. The van der Waals surface area contributed by atoms with Gasteiger partial charge in [-0.25, -0.2) is 14.2 Å². The Morgan fingerprint density at radius 2 is 2.10 bits per heavy atom. The lowest BCUT2D eigenvalue weighted by Gasteiger charge is -2.22. The highest BCUT2D eigenvalue weighted by Crippen LogP contribution is 2.23. The average Bonchev–Trinajstić information content (AvgIpc) is 3.39. The van der Waals surface area contributed by atoms with Gasteiger partial charge >= 0.3 is 6.09 Å². The van der Waals surface area contributed by atoms with Gasteiger partial charge in [0.15, 0.2) is 0 Å². The fraction of sp³-hybridized carbons (Fsp3) is 0.273. The van der Waals surface area contributed by atoms with E-state index in [0.717, 1.165) is 16.1 Å². The van der Waals surface area contributed by atoms with Crippen molar-refractivity contribution in [2.24, 2.45) is 0 Å². The number of halogens is 1. The first-order valence-corrected chi connectivity index (χ1v) is 10.6. The molecule has 0 unspecified atom stereocenters. The predicted molar refractivity (Wildman–Crippen MR) is 113 cm³/mol. The van der Waals surface area contributed by atoms with Crippen LogP contribution in [0.1, 0.15) is 11.1 Å². The van der Waals surface area contributed by atoms with Gasteiger partial charge in [0.25, 0.3) is 0 Å². The summed E-state index contributed by atoms with van der Waals surface area (Å²) in [6.07, 6.45) is 0.285. The molecular formula is C22H22FN3O3S. The third-order valence-corrected chi connectivity index (χ3v) is 5.84. The van der Waals surface area contributed by atoms with Crippen molar-refractivity contribution in [3.63, 3.8) is 0 Å². The van der Waals surface area contributed by atoms with Gasteiger partial charge in [-0.05, 0) is 29.7 Å². The van der Waals surface area contributed by atoms with Gasteiger partial charge < -0.3 is 20.5 Å². The second-order valence-corrected chi connectivity index (χ2v) is 8.07. The van der Waals surface area contributed by atoms with Crippen molar-refractivity contribution < 1.29 is 19.0 Å². The van der Waals surface area contributed by atoms with E-state index in [-0.39, 0.29) is 18.4 Å². The van der Waals surface area contributed by atoms with Crippen molar-refractivity contribution in [1.82, 2.24) is 15.6 Å². The molecule has 0 bridgehead atoms. The van der Waals surface area contributed by atoms with Crippen LogP contribution in [0.2, 0.25) is 0 Å². The fourth-order valence-corrected chi connectivity index (χ4v) is 4.16. The molecule has 1 fully saturated rings. The van der Waals surface area contributed by atoms with E-state index in [4.69, 9.17) is 4.74 Å². The largest absolute Gasteiger partial charge is 0.442 e. The van der Waals surface area contributed by atoms with Gasteiger partial charge in [0.05, 0.1) is 6.04 Å². The van der Waals surface area contributed by atoms with Gasteiger partial charge in [-0.1, -0.05) is 36.4 Å². The molecule has 6 nitrogen and oxygen atoms in total. The molecule has 3 N–H and O–H groups in total. The number of aliphatic hydroxyl groups is 1. The fourth-order valence-electron chi connectivity index (χ4n) is 3.51. The van der Waals surface area contributed by atoms with Crippen LogP contribution < -0.4 is 10.6 Å². The van der Waals surface area contributed by atoms with Gasteiger partial charge in [-0.2, -0.15) is 0 Å². The van der Waals surface area contributed by atoms with E-state index in [9.17, 15) is 14.3 Å². The number of carbonyl (C=O) groups is 1. The number of amides is 1. The van der Waals surface area contributed by atoms with Crippen molar-refractivity contribution >= 4 is 17.4 Å². The number of carbonyl (C=O) groups excluding carboxylic acids is 1. The maximum Gasteiger partial charge on any atom is 0.407 e. The summed E-state index contributed by atoms with van der Waals surface area (Å²) in [5.41, 5.74) is 2.75. The summed E-state index contributed by atoms with van der Waals surface area (Å²) in [5.74, 6) is -0.362. The smallest absolute Gasteiger partial charge is 0.407 e. The van der Waals surface area contributed by atoms with E-state index >= 15 is 0 Å². The van der Waals surface area contributed by atoms with Crippen LogP contribution >= 0.6 is 11.3 Å². The highest BCUT2D eigenvalue weighted by molar-refractivity contribution is 7.13. The number of nitrogens with zero attached hydrogens (tertiary/aromatic N) is 1. The molecule has 3 aromatic rings. The van der Waals surface area contributed by atoms with Crippen LogP contribution in [0.25, 0.3) is 10.6 Å². The summed E-state index contributed by atoms with van der Waals surface area (Å²) >= 11 is 1.58. The molecule has 0 radical (unpaired) electrons. The van der Waals surface area contributed by atoms with Crippen LogP contribution in [0.3, 0.4) is 0 Å². The van der Waals surface area contributed by atoms with Crippen molar-refractivity contribution in [2.45, 2.75) is 31.2 Å². The summed E-state index contributed by atoms with van der Waals surface area (Å²) in [5, 5.41) is 19.0. The molecular weight excluding hydrogens is 405 g/mol. The quantitative estimate of drug-likeness (QED) is 0.563. The van der Waals surface area contributed by atoms with Crippen molar-refractivity contribution in [1.29, 1.82) is 0 Å². The highest BCUT2D eigenvalue weighted by Gasteiger charge is 2.37. The Morgan fingerprint density at radius 1 is 1.27 bits per heavy atom. The maximum absolute atomic E-state index is 13.2. The normalized spacial score (nSPS) is 20.8. The number of β-amino-alcohol motifs (C(OH)–C–C–N with tert-alkyl or cyclic N) is 1. The Kier molecular flexibility index (Phi) is 6.37. The molecule has 2 heterocycles. The van der Waals surface area contributed by atoms with Gasteiger partial charge in [0, 0.05) is 30.2 Å². The van der Waals surface area contributed by atoms with Crippen LogP contribution in [0, 0.1) is 5.82 Å². The molecule has 1 amide bonds. The summed E-state index contributed by atoms with van der Waals surface area (Å²) in [4.78, 5) is 16.5. The van der Waals surface area contributed by atoms with Crippen molar-refractivity contribution in [3.8, 4) is 10.6 Å². The Morgan fingerprint density at radius 3 is 2.83 bits per heavy atom. The number of benzene rings is 2. The van der Waals surface area contributed by atoms with Crippen molar-refractivity contribution in [3.05, 3.63) is 77.1 Å². The molecule has 4 rings (SSSR count). The van der Waals surface area contributed by atoms with Gasteiger partial charge in [-0.15, -0.1) is 11.3 Å². The first-order chi connectivity index (χ1) is 14.6. The average molecular weight is 428 g/mol. The number of rotatable bonds is 6. The molecule has 3 atom stereocenters. The minimum atomic E-state index is -0.787. The van der Waals surface area contributed by atoms with E-state index in [2.05, 4.69) is 15.6 Å². The van der Waals surface area contributed by atoms with Gasteiger partial charge in [0.2, 0.25) is 0 Å². The Bertz CT molecular complexity index is 982. The molecule has 1 saturated heterocycles. The van der Waals surface area contributed by atoms with E-state index in [1.807, 2.05) is 29.6 Å². The predicted octanol–water partition coefficient (Wildman–Crippen LogP) is 3.12. The molecule has 1 aliphatic heterocycles. The molecule has 0 spiro atoms.